The van der Waals surface area contributed by atoms with E-state index < -0.39 is 5.97 Å². The van der Waals surface area contributed by atoms with Crippen LogP contribution in [0.2, 0.25) is 0 Å². The second-order valence-electron chi connectivity index (χ2n) is 4.78. The predicted octanol–water partition coefficient (Wildman–Crippen LogP) is 2.91. The van der Waals surface area contributed by atoms with Gasteiger partial charge in [0.15, 0.2) is 0 Å². The van der Waals surface area contributed by atoms with Crippen molar-refractivity contribution in [2.45, 2.75) is 25.8 Å². The quantitative estimate of drug-likeness (QED) is 0.896. The first kappa shape index (κ1) is 11.7. The highest BCUT2D eigenvalue weighted by atomic mass is 32.1. The second kappa shape index (κ2) is 4.74. The molecule has 1 aliphatic heterocycles. The van der Waals surface area contributed by atoms with Gasteiger partial charge in [0.25, 0.3) is 0 Å². The summed E-state index contributed by atoms with van der Waals surface area (Å²) >= 11 is 1.62. The first-order chi connectivity index (χ1) is 8.75. The Balaban J connectivity index is 1.94. The number of aromatic amines is 1. The largest absolute Gasteiger partial charge is 0.477 e. The van der Waals surface area contributed by atoms with E-state index in [-0.39, 0.29) is 0 Å². The van der Waals surface area contributed by atoms with Crippen molar-refractivity contribution in [3.63, 3.8) is 0 Å². The fraction of sp³-hybridized carbons (Fsp3) is 0.462. The van der Waals surface area contributed by atoms with Gasteiger partial charge in [0.2, 0.25) is 0 Å². The van der Waals surface area contributed by atoms with Crippen molar-refractivity contribution in [1.29, 1.82) is 0 Å². The van der Waals surface area contributed by atoms with Crippen molar-refractivity contribution in [3.05, 3.63) is 22.7 Å². The fourth-order valence-corrected chi connectivity index (χ4v) is 3.53. The molecule has 2 N–H and O–H groups in total. The molecule has 1 saturated heterocycles. The number of aromatic carboxylic acids is 1. The minimum Gasteiger partial charge on any atom is -0.477 e. The first-order valence-corrected chi connectivity index (χ1v) is 7.17. The fourth-order valence-electron chi connectivity index (χ4n) is 2.64. The molecular formula is C13H16N2O2S. The standard InChI is InChI=1S/C13H16N2O2S/c16-13(17)11-9(8-15-5-2-1-3-6-15)12-10(14-11)4-7-18-12/h4,7,14H,1-3,5-6,8H2,(H,16,17). The van der Waals surface area contributed by atoms with Crippen LogP contribution in [0.3, 0.4) is 0 Å². The van der Waals surface area contributed by atoms with Crippen molar-refractivity contribution >= 4 is 27.5 Å². The molecule has 2 aromatic rings. The van der Waals surface area contributed by atoms with Crippen LogP contribution in [-0.2, 0) is 6.54 Å². The Kier molecular flexibility index (Phi) is 3.09. The van der Waals surface area contributed by atoms with Gasteiger partial charge in [-0.1, -0.05) is 6.42 Å². The summed E-state index contributed by atoms with van der Waals surface area (Å²) in [5.74, 6) is -0.856. The summed E-state index contributed by atoms with van der Waals surface area (Å²) in [5.41, 5.74) is 2.27. The summed E-state index contributed by atoms with van der Waals surface area (Å²) in [7, 11) is 0. The van der Waals surface area contributed by atoms with Gasteiger partial charge < -0.3 is 10.1 Å². The van der Waals surface area contributed by atoms with Crippen LogP contribution in [0, 0.1) is 0 Å². The molecule has 0 aromatic carbocycles. The third-order valence-corrected chi connectivity index (χ3v) is 4.52. The van der Waals surface area contributed by atoms with Crippen LogP contribution in [0.4, 0.5) is 0 Å². The third kappa shape index (κ3) is 2.04. The van der Waals surface area contributed by atoms with Crippen molar-refractivity contribution in [2.75, 3.05) is 13.1 Å². The molecule has 0 radical (unpaired) electrons. The van der Waals surface area contributed by atoms with E-state index in [0.29, 0.717) is 5.69 Å². The lowest BCUT2D eigenvalue weighted by Crippen LogP contribution is -2.29. The molecule has 4 nitrogen and oxygen atoms in total. The van der Waals surface area contributed by atoms with Gasteiger partial charge in [-0.05, 0) is 37.4 Å². The zero-order chi connectivity index (χ0) is 12.5. The number of rotatable bonds is 3. The molecule has 0 bridgehead atoms. The number of H-pyrrole nitrogens is 1. The van der Waals surface area contributed by atoms with Crippen LogP contribution < -0.4 is 0 Å². The van der Waals surface area contributed by atoms with Crippen molar-refractivity contribution in [3.8, 4) is 0 Å². The maximum absolute atomic E-state index is 11.3. The summed E-state index contributed by atoms with van der Waals surface area (Å²) in [6, 6.07) is 1.95. The Morgan fingerprint density at radius 2 is 2.17 bits per heavy atom. The monoisotopic (exact) mass is 264 g/mol. The molecule has 0 saturated carbocycles. The number of likely N-dealkylation sites (tertiary alicyclic amines) is 1. The Bertz CT molecular complexity index is 567. The highest BCUT2D eigenvalue weighted by molar-refractivity contribution is 7.17. The van der Waals surface area contributed by atoms with Crippen LogP contribution in [0.15, 0.2) is 11.4 Å². The Hall–Kier alpha value is -1.33. The normalized spacial score (nSPS) is 17.3. The molecule has 1 fully saturated rings. The van der Waals surface area contributed by atoms with E-state index >= 15 is 0 Å². The molecule has 0 amide bonds. The molecule has 3 heterocycles. The zero-order valence-corrected chi connectivity index (χ0v) is 10.9. The van der Waals surface area contributed by atoms with Gasteiger partial charge in [-0.3, -0.25) is 4.90 Å². The number of hydrogen-bond acceptors (Lipinski definition) is 3. The first-order valence-electron chi connectivity index (χ1n) is 6.29. The van der Waals surface area contributed by atoms with E-state index in [1.165, 1.54) is 19.3 Å². The van der Waals surface area contributed by atoms with Crippen LogP contribution >= 0.6 is 11.3 Å². The number of nitrogens with one attached hydrogen (secondary N) is 1. The molecule has 18 heavy (non-hydrogen) atoms. The molecule has 2 aromatic heterocycles. The molecule has 0 aliphatic carbocycles. The third-order valence-electron chi connectivity index (χ3n) is 3.55. The van der Waals surface area contributed by atoms with E-state index in [1.807, 2.05) is 11.4 Å². The summed E-state index contributed by atoms with van der Waals surface area (Å²) in [6.07, 6.45) is 3.74. The SMILES string of the molecule is O=C(O)c1[nH]c2ccsc2c1CN1CCCCC1. The molecule has 0 spiro atoms. The van der Waals surface area contributed by atoms with Crippen LogP contribution in [0.25, 0.3) is 10.2 Å². The number of carboxylic acid groups (broad SMARTS) is 1. The maximum atomic E-state index is 11.3. The van der Waals surface area contributed by atoms with Gasteiger partial charge in [0, 0.05) is 12.1 Å². The van der Waals surface area contributed by atoms with Crippen LogP contribution in [0.1, 0.15) is 35.3 Å². The highest BCUT2D eigenvalue weighted by Crippen LogP contribution is 2.29. The second-order valence-corrected chi connectivity index (χ2v) is 5.70. The number of aromatic nitrogens is 1. The van der Waals surface area contributed by atoms with Crippen molar-refractivity contribution < 1.29 is 9.90 Å². The number of hydrogen-bond donors (Lipinski definition) is 2. The molecule has 1 aliphatic rings. The number of nitrogens with zero attached hydrogens (tertiary/aromatic N) is 1. The van der Waals surface area contributed by atoms with Crippen molar-refractivity contribution in [2.24, 2.45) is 0 Å². The lowest BCUT2D eigenvalue weighted by Gasteiger charge is -2.26. The van der Waals surface area contributed by atoms with Gasteiger partial charge >= 0.3 is 5.97 Å². The average Bonchev–Trinajstić information content (AvgIpc) is 2.93. The van der Waals surface area contributed by atoms with Crippen LogP contribution in [0.5, 0.6) is 0 Å². The van der Waals surface area contributed by atoms with Crippen LogP contribution in [-0.4, -0.2) is 34.0 Å². The van der Waals surface area contributed by atoms with Gasteiger partial charge in [-0.2, -0.15) is 0 Å². The van der Waals surface area contributed by atoms with E-state index in [1.54, 1.807) is 11.3 Å². The Morgan fingerprint density at radius 3 is 2.89 bits per heavy atom. The molecule has 96 valence electrons. The topological polar surface area (TPSA) is 56.3 Å². The minimum absolute atomic E-state index is 0.363. The number of thiophene rings is 1. The van der Waals surface area contributed by atoms with E-state index in [0.717, 1.165) is 35.4 Å². The van der Waals surface area contributed by atoms with Crippen molar-refractivity contribution in [1.82, 2.24) is 9.88 Å². The van der Waals surface area contributed by atoms with Gasteiger partial charge in [-0.15, -0.1) is 11.3 Å². The predicted molar refractivity (Wildman–Crippen MR) is 72.3 cm³/mol. The maximum Gasteiger partial charge on any atom is 0.352 e. The van der Waals surface area contributed by atoms with Gasteiger partial charge in [0.1, 0.15) is 5.69 Å². The lowest BCUT2D eigenvalue weighted by atomic mass is 10.1. The van der Waals surface area contributed by atoms with E-state index in [9.17, 15) is 9.90 Å². The van der Waals surface area contributed by atoms with Gasteiger partial charge in [-0.25, -0.2) is 4.79 Å². The summed E-state index contributed by atoms with van der Waals surface area (Å²) in [5, 5.41) is 11.3. The van der Waals surface area contributed by atoms with E-state index in [2.05, 4.69) is 9.88 Å². The number of piperidine rings is 1. The summed E-state index contributed by atoms with van der Waals surface area (Å²) in [4.78, 5) is 16.7. The number of carboxylic acids is 1. The summed E-state index contributed by atoms with van der Waals surface area (Å²) in [6.45, 7) is 2.91. The molecule has 5 heteroatoms. The Labute approximate surface area is 109 Å². The lowest BCUT2D eigenvalue weighted by molar-refractivity contribution is 0.0688. The van der Waals surface area contributed by atoms with E-state index in [4.69, 9.17) is 0 Å². The smallest absolute Gasteiger partial charge is 0.352 e. The molecule has 0 atom stereocenters. The molecular weight excluding hydrogens is 248 g/mol. The Morgan fingerprint density at radius 1 is 1.39 bits per heavy atom. The minimum atomic E-state index is -0.856. The number of carbonyl (C=O) groups is 1. The van der Waals surface area contributed by atoms with Gasteiger partial charge in [0.05, 0.1) is 10.2 Å². The summed E-state index contributed by atoms with van der Waals surface area (Å²) < 4.78 is 1.10. The molecule has 3 rings (SSSR count). The zero-order valence-electron chi connectivity index (χ0n) is 10.1. The average molecular weight is 264 g/mol. The highest BCUT2D eigenvalue weighted by Gasteiger charge is 2.21. The number of fused-ring (bicyclic) bond motifs is 1. The molecule has 0 unspecified atom stereocenters.